The van der Waals surface area contributed by atoms with E-state index in [1.165, 1.54) is 17.6 Å². The second kappa shape index (κ2) is 9.54. The molecule has 2 saturated carbocycles. The van der Waals surface area contributed by atoms with Gasteiger partial charge in [-0.3, -0.25) is 14.2 Å². The summed E-state index contributed by atoms with van der Waals surface area (Å²) in [6.07, 6.45) is 4.82. The van der Waals surface area contributed by atoms with E-state index in [2.05, 4.69) is 10.3 Å². The van der Waals surface area contributed by atoms with Crippen molar-refractivity contribution in [2.24, 2.45) is 12.8 Å². The molecule has 2 aliphatic carbocycles. The number of carbonyl (C=O) groups excluding carboxylic acids is 2. The highest BCUT2D eigenvalue weighted by molar-refractivity contribution is 6.05. The smallest absolute Gasteiger partial charge is 0.297 e. The van der Waals surface area contributed by atoms with Crippen molar-refractivity contribution < 1.29 is 28.2 Å². The fraction of sp³-hybridized carbons (Fsp3) is 0.609. The average Bonchev–Trinajstić information content (AvgIpc) is 3.51. The topological polar surface area (TPSA) is 118 Å². The van der Waals surface area contributed by atoms with Crippen LogP contribution in [-0.4, -0.2) is 52.3 Å². The maximum Gasteiger partial charge on any atom is 0.297 e. The predicted molar refractivity (Wildman–Crippen MR) is 119 cm³/mol. The minimum absolute atomic E-state index is 0.0134. The fourth-order valence-corrected chi connectivity index (χ4v) is 4.18. The van der Waals surface area contributed by atoms with Crippen LogP contribution < -0.4 is 20.5 Å². The Morgan fingerprint density at radius 1 is 1.18 bits per heavy atom. The van der Waals surface area contributed by atoms with Crippen molar-refractivity contribution >= 4 is 22.8 Å². The first-order valence-corrected chi connectivity index (χ1v) is 11.4. The first-order chi connectivity index (χ1) is 15.7. The van der Waals surface area contributed by atoms with Crippen molar-refractivity contribution in [2.75, 3.05) is 6.61 Å². The summed E-state index contributed by atoms with van der Waals surface area (Å²) in [6, 6.07) is 1.53. The van der Waals surface area contributed by atoms with Crippen molar-refractivity contribution in [2.45, 2.75) is 76.7 Å². The third-order valence-corrected chi connectivity index (χ3v) is 6.02. The van der Waals surface area contributed by atoms with Gasteiger partial charge in [-0.1, -0.05) is 0 Å². The summed E-state index contributed by atoms with van der Waals surface area (Å²) in [6.45, 7) is 3.85. The molecule has 180 valence electrons. The molecule has 2 fully saturated rings. The van der Waals surface area contributed by atoms with Gasteiger partial charge in [0.2, 0.25) is 5.91 Å². The van der Waals surface area contributed by atoms with E-state index in [4.69, 9.17) is 19.9 Å². The summed E-state index contributed by atoms with van der Waals surface area (Å²) in [5, 5.41) is 2.81. The molecule has 0 radical (unpaired) electrons. The molecule has 0 bridgehead atoms. The fourth-order valence-electron chi connectivity index (χ4n) is 4.18. The molecule has 0 unspecified atom stereocenters. The molecule has 9 nitrogen and oxygen atoms in total. The Morgan fingerprint density at radius 3 is 2.39 bits per heavy atom. The van der Waals surface area contributed by atoms with Crippen LogP contribution in [0.5, 0.6) is 11.8 Å². The number of hydrogen-bond donors (Lipinski definition) is 2. The summed E-state index contributed by atoms with van der Waals surface area (Å²) in [5.74, 6) is -1.33. The van der Waals surface area contributed by atoms with E-state index in [1.807, 2.05) is 6.92 Å². The van der Waals surface area contributed by atoms with Gasteiger partial charge in [0.15, 0.2) is 11.6 Å². The van der Waals surface area contributed by atoms with Gasteiger partial charge >= 0.3 is 0 Å². The van der Waals surface area contributed by atoms with E-state index in [0.29, 0.717) is 6.61 Å². The summed E-state index contributed by atoms with van der Waals surface area (Å²) in [7, 11) is 1.65. The molecular weight excluding hydrogens is 431 g/mol. The second-order valence-corrected chi connectivity index (χ2v) is 9.02. The van der Waals surface area contributed by atoms with Gasteiger partial charge < -0.3 is 25.3 Å². The number of aromatic nitrogens is 2. The SMILES string of the molecule is CC(=O)N[C@@H](C)CO[C@H]1CC[C@H](Oc2nc3c(C(N)=O)cc(OC4CC4)c(F)c3n2C)CC1. The maximum atomic E-state index is 15.2. The van der Waals surface area contributed by atoms with Crippen LogP contribution in [0.1, 0.15) is 62.7 Å². The molecule has 0 aliphatic heterocycles. The van der Waals surface area contributed by atoms with Gasteiger partial charge in [-0.2, -0.15) is 4.98 Å². The number of nitrogens with zero attached hydrogens (tertiary/aromatic N) is 2. The molecule has 2 amide bonds. The number of rotatable bonds is 9. The zero-order valence-electron chi connectivity index (χ0n) is 19.2. The van der Waals surface area contributed by atoms with Gasteiger partial charge in [-0.15, -0.1) is 0 Å². The van der Waals surface area contributed by atoms with Gasteiger partial charge in [0.05, 0.1) is 24.4 Å². The maximum absolute atomic E-state index is 15.2. The monoisotopic (exact) mass is 462 g/mol. The highest BCUT2D eigenvalue weighted by atomic mass is 19.1. The molecular formula is C23H31FN4O5. The molecule has 1 aromatic heterocycles. The van der Waals surface area contributed by atoms with Crippen molar-refractivity contribution in [3.05, 3.63) is 17.4 Å². The molecule has 1 atom stereocenters. The van der Waals surface area contributed by atoms with Crippen LogP contribution in [0.2, 0.25) is 0 Å². The lowest BCUT2D eigenvalue weighted by molar-refractivity contribution is -0.120. The molecule has 0 spiro atoms. The van der Waals surface area contributed by atoms with Gasteiger partial charge in [0.25, 0.3) is 11.9 Å². The number of benzene rings is 1. The van der Waals surface area contributed by atoms with Crippen molar-refractivity contribution in [3.63, 3.8) is 0 Å². The highest BCUT2D eigenvalue weighted by Gasteiger charge is 2.30. The van der Waals surface area contributed by atoms with Crippen LogP contribution in [0.4, 0.5) is 4.39 Å². The average molecular weight is 463 g/mol. The van der Waals surface area contributed by atoms with Crippen LogP contribution in [0.15, 0.2) is 6.07 Å². The van der Waals surface area contributed by atoms with E-state index in [0.717, 1.165) is 38.5 Å². The third-order valence-electron chi connectivity index (χ3n) is 6.02. The summed E-state index contributed by atoms with van der Waals surface area (Å²) in [4.78, 5) is 27.5. The Hall–Kier alpha value is -2.88. The summed E-state index contributed by atoms with van der Waals surface area (Å²) in [5.41, 5.74) is 5.96. The first-order valence-electron chi connectivity index (χ1n) is 11.4. The van der Waals surface area contributed by atoms with E-state index >= 15 is 4.39 Å². The number of hydrogen-bond acceptors (Lipinski definition) is 6. The number of imidazole rings is 1. The van der Waals surface area contributed by atoms with E-state index in [9.17, 15) is 9.59 Å². The lowest BCUT2D eigenvalue weighted by Gasteiger charge is -2.29. The number of ether oxygens (including phenoxy) is 3. The van der Waals surface area contributed by atoms with Gasteiger partial charge in [0.1, 0.15) is 17.1 Å². The van der Waals surface area contributed by atoms with Crippen LogP contribution in [0.3, 0.4) is 0 Å². The number of halogens is 1. The molecule has 10 heteroatoms. The van der Waals surface area contributed by atoms with Crippen molar-refractivity contribution in [1.82, 2.24) is 14.9 Å². The molecule has 4 rings (SSSR count). The molecule has 2 aromatic rings. The minimum atomic E-state index is -0.698. The number of aryl methyl sites for hydroxylation is 1. The number of amides is 2. The number of fused-ring (bicyclic) bond motifs is 1. The third kappa shape index (κ3) is 5.38. The molecule has 0 saturated heterocycles. The van der Waals surface area contributed by atoms with Crippen LogP contribution in [0.25, 0.3) is 11.0 Å². The van der Waals surface area contributed by atoms with Gasteiger partial charge in [0, 0.05) is 20.0 Å². The molecule has 33 heavy (non-hydrogen) atoms. The molecule has 1 aromatic carbocycles. The Morgan fingerprint density at radius 2 is 1.79 bits per heavy atom. The Labute approximate surface area is 191 Å². The van der Waals surface area contributed by atoms with Crippen molar-refractivity contribution in [1.29, 1.82) is 0 Å². The standard InChI is InChI=1S/C23H31FN4O5/c1-12(26-13(2)29)11-31-14-4-6-16(7-5-14)33-23-27-20-17(22(25)30)10-18(32-15-8-9-15)19(24)21(20)28(23)3/h10,12,14-16H,4-9,11H2,1-3H3,(H2,25,30)(H,26,29)/t12-,14-,16-/m0/s1. The molecule has 3 N–H and O–H groups in total. The van der Waals surface area contributed by atoms with Crippen LogP contribution in [0, 0.1) is 5.82 Å². The zero-order valence-corrected chi connectivity index (χ0v) is 19.2. The Kier molecular flexibility index (Phi) is 6.73. The second-order valence-electron chi connectivity index (χ2n) is 9.02. The normalized spacial score (nSPS) is 21.6. The van der Waals surface area contributed by atoms with E-state index in [1.54, 1.807) is 7.05 Å². The first kappa shape index (κ1) is 23.3. The Bertz CT molecular complexity index is 1040. The lowest BCUT2D eigenvalue weighted by Crippen LogP contribution is -2.37. The van der Waals surface area contributed by atoms with Crippen LogP contribution in [-0.2, 0) is 16.6 Å². The quantitative estimate of drug-likeness (QED) is 0.592. The lowest BCUT2D eigenvalue weighted by atomic mass is 9.95. The van der Waals surface area contributed by atoms with E-state index in [-0.39, 0.29) is 58.6 Å². The largest absolute Gasteiger partial charge is 0.487 e. The Balaban J connectivity index is 1.43. The summed E-state index contributed by atoms with van der Waals surface area (Å²) < 4.78 is 34.4. The van der Waals surface area contributed by atoms with Gasteiger partial charge in [-0.05, 0) is 51.5 Å². The molecule has 2 aliphatic rings. The highest BCUT2D eigenvalue weighted by Crippen LogP contribution is 2.36. The summed E-state index contributed by atoms with van der Waals surface area (Å²) >= 11 is 0. The minimum Gasteiger partial charge on any atom is -0.487 e. The number of carbonyl (C=O) groups is 2. The van der Waals surface area contributed by atoms with Crippen LogP contribution >= 0.6 is 0 Å². The predicted octanol–water partition coefficient (Wildman–Crippen LogP) is 2.58. The zero-order chi connectivity index (χ0) is 23.7. The molecule has 1 heterocycles. The van der Waals surface area contributed by atoms with E-state index < -0.39 is 11.7 Å². The van der Waals surface area contributed by atoms with Gasteiger partial charge in [-0.25, -0.2) is 4.39 Å². The number of nitrogens with one attached hydrogen (secondary N) is 1. The number of nitrogens with two attached hydrogens (primary N) is 1. The van der Waals surface area contributed by atoms with Crippen molar-refractivity contribution in [3.8, 4) is 11.8 Å². The number of primary amides is 1.